The maximum atomic E-state index is 13.2. The van der Waals surface area contributed by atoms with Crippen LogP contribution >= 0.6 is 0 Å². The van der Waals surface area contributed by atoms with Crippen molar-refractivity contribution >= 4 is 11.7 Å². The van der Waals surface area contributed by atoms with Crippen molar-refractivity contribution in [2.24, 2.45) is 0 Å². The average molecular weight is 245 g/mol. The van der Waals surface area contributed by atoms with Crippen molar-refractivity contribution in [1.29, 1.82) is 0 Å². The van der Waals surface area contributed by atoms with Gasteiger partial charge in [-0.1, -0.05) is 6.07 Å². The Bertz CT molecular complexity index is 623. The van der Waals surface area contributed by atoms with Gasteiger partial charge < -0.3 is 10.8 Å². The van der Waals surface area contributed by atoms with E-state index in [0.717, 1.165) is 5.56 Å². The molecule has 18 heavy (non-hydrogen) atoms. The maximum absolute atomic E-state index is 13.2. The van der Waals surface area contributed by atoms with E-state index in [-0.39, 0.29) is 11.4 Å². The SMILES string of the molecule is Cc1cc(-c2cc(N)cc(C(=O)O)c2)ccc1F. The summed E-state index contributed by atoms with van der Waals surface area (Å²) in [5.74, 6) is -1.33. The van der Waals surface area contributed by atoms with Gasteiger partial charge in [0.25, 0.3) is 0 Å². The molecule has 92 valence electrons. The van der Waals surface area contributed by atoms with Crippen molar-refractivity contribution in [3.63, 3.8) is 0 Å². The van der Waals surface area contributed by atoms with Crippen LogP contribution in [0.2, 0.25) is 0 Å². The highest BCUT2D eigenvalue weighted by atomic mass is 19.1. The average Bonchev–Trinajstić information content (AvgIpc) is 2.31. The van der Waals surface area contributed by atoms with Crippen LogP contribution in [0.25, 0.3) is 11.1 Å². The zero-order chi connectivity index (χ0) is 13.3. The van der Waals surface area contributed by atoms with Crippen molar-refractivity contribution < 1.29 is 14.3 Å². The van der Waals surface area contributed by atoms with E-state index in [1.807, 2.05) is 0 Å². The number of aryl methyl sites for hydroxylation is 1. The van der Waals surface area contributed by atoms with Crippen LogP contribution in [-0.2, 0) is 0 Å². The minimum atomic E-state index is -1.04. The topological polar surface area (TPSA) is 63.3 Å². The zero-order valence-electron chi connectivity index (χ0n) is 9.77. The first-order valence-electron chi connectivity index (χ1n) is 5.38. The molecule has 0 atom stereocenters. The van der Waals surface area contributed by atoms with E-state index >= 15 is 0 Å². The molecule has 3 N–H and O–H groups in total. The Morgan fingerprint density at radius 2 is 1.89 bits per heavy atom. The summed E-state index contributed by atoms with van der Waals surface area (Å²) < 4.78 is 13.2. The Labute approximate surface area is 104 Å². The summed E-state index contributed by atoms with van der Waals surface area (Å²) >= 11 is 0. The Kier molecular flexibility index (Phi) is 3.02. The molecule has 0 fully saturated rings. The largest absolute Gasteiger partial charge is 0.478 e. The van der Waals surface area contributed by atoms with Gasteiger partial charge >= 0.3 is 5.97 Å². The molecule has 0 radical (unpaired) electrons. The van der Waals surface area contributed by atoms with Crippen LogP contribution in [0.1, 0.15) is 15.9 Å². The third-order valence-electron chi connectivity index (χ3n) is 2.69. The minimum Gasteiger partial charge on any atom is -0.478 e. The van der Waals surface area contributed by atoms with Gasteiger partial charge in [0.2, 0.25) is 0 Å². The second-order valence-corrected chi connectivity index (χ2v) is 4.11. The number of hydrogen-bond acceptors (Lipinski definition) is 2. The molecule has 0 spiro atoms. The van der Waals surface area contributed by atoms with E-state index < -0.39 is 5.97 Å². The third kappa shape index (κ3) is 2.32. The van der Waals surface area contributed by atoms with E-state index in [0.29, 0.717) is 16.8 Å². The van der Waals surface area contributed by atoms with E-state index in [9.17, 15) is 9.18 Å². The van der Waals surface area contributed by atoms with Crippen molar-refractivity contribution in [3.05, 3.63) is 53.3 Å². The number of carboxylic acid groups (broad SMARTS) is 1. The highest BCUT2D eigenvalue weighted by Gasteiger charge is 2.08. The second kappa shape index (κ2) is 4.49. The van der Waals surface area contributed by atoms with Gasteiger partial charge in [-0.3, -0.25) is 0 Å². The van der Waals surface area contributed by atoms with E-state index in [2.05, 4.69) is 0 Å². The Balaban J connectivity index is 2.56. The molecule has 0 bridgehead atoms. The van der Waals surface area contributed by atoms with Gasteiger partial charge in [-0.2, -0.15) is 0 Å². The fourth-order valence-corrected chi connectivity index (χ4v) is 1.77. The summed E-state index contributed by atoms with van der Waals surface area (Å²) in [5, 5.41) is 8.96. The number of nitrogens with two attached hydrogens (primary N) is 1. The van der Waals surface area contributed by atoms with Gasteiger partial charge in [0.05, 0.1) is 5.56 Å². The Hall–Kier alpha value is -2.36. The molecule has 0 aliphatic carbocycles. The lowest BCUT2D eigenvalue weighted by Gasteiger charge is -2.07. The lowest BCUT2D eigenvalue weighted by molar-refractivity contribution is 0.0697. The van der Waals surface area contributed by atoms with Gasteiger partial charge in [-0.25, -0.2) is 9.18 Å². The van der Waals surface area contributed by atoms with Crippen LogP contribution in [0.3, 0.4) is 0 Å². The van der Waals surface area contributed by atoms with Gasteiger partial charge in [-0.15, -0.1) is 0 Å². The van der Waals surface area contributed by atoms with Crippen LogP contribution in [0, 0.1) is 12.7 Å². The predicted octanol–water partition coefficient (Wildman–Crippen LogP) is 3.08. The molecule has 0 aromatic heterocycles. The van der Waals surface area contributed by atoms with Gasteiger partial charge in [-0.05, 0) is 53.9 Å². The molecule has 0 amide bonds. The lowest BCUT2D eigenvalue weighted by atomic mass is 10.0. The predicted molar refractivity (Wildman–Crippen MR) is 67.9 cm³/mol. The fourth-order valence-electron chi connectivity index (χ4n) is 1.77. The number of halogens is 1. The number of nitrogen functional groups attached to an aromatic ring is 1. The lowest BCUT2D eigenvalue weighted by Crippen LogP contribution is -1.99. The molecule has 2 rings (SSSR count). The molecule has 0 saturated heterocycles. The van der Waals surface area contributed by atoms with E-state index in [4.69, 9.17) is 10.8 Å². The Morgan fingerprint density at radius 1 is 1.17 bits per heavy atom. The molecule has 2 aromatic rings. The normalized spacial score (nSPS) is 10.3. The van der Waals surface area contributed by atoms with Crippen LogP contribution in [0.15, 0.2) is 36.4 Å². The smallest absolute Gasteiger partial charge is 0.335 e. The zero-order valence-corrected chi connectivity index (χ0v) is 9.77. The first-order valence-corrected chi connectivity index (χ1v) is 5.38. The van der Waals surface area contributed by atoms with Crippen molar-refractivity contribution in [3.8, 4) is 11.1 Å². The van der Waals surface area contributed by atoms with E-state index in [1.54, 1.807) is 25.1 Å². The minimum absolute atomic E-state index is 0.118. The summed E-state index contributed by atoms with van der Waals surface area (Å²) in [4.78, 5) is 10.9. The number of carbonyl (C=O) groups is 1. The summed E-state index contributed by atoms with van der Waals surface area (Å²) in [6.45, 7) is 1.66. The van der Waals surface area contributed by atoms with Crippen LogP contribution in [0.5, 0.6) is 0 Å². The van der Waals surface area contributed by atoms with E-state index in [1.165, 1.54) is 18.2 Å². The number of rotatable bonds is 2. The molecular formula is C14H12FNO2. The first kappa shape index (κ1) is 12.1. The number of aromatic carboxylic acids is 1. The molecule has 0 aliphatic rings. The molecule has 0 aliphatic heterocycles. The monoisotopic (exact) mass is 245 g/mol. The van der Waals surface area contributed by atoms with Crippen molar-refractivity contribution in [1.82, 2.24) is 0 Å². The molecule has 3 nitrogen and oxygen atoms in total. The first-order chi connectivity index (χ1) is 8.47. The van der Waals surface area contributed by atoms with Gasteiger partial charge in [0.1, 0.15) is 5.82 Å². The molecule has 2 aromatic carbocycles. The van der Waals surface area contributed by atoms with Crippen LogP contribution < -0.4 is 5.73 Å². The molecule has 4 heteroatoms. The van der Waals surface area contributed by atoms with Crippen LogP contribution in [0.4, 0.5) is 10.1 Å². The van der Waals surface area contributed by atoms with Crippen molar-refractivity contribution in [2.45, 2.75) is 6.92 Å². The molecule has 0 heterocycles. The summed E-state index contributed by atoms with van der Waals surface area (Å²) in [6, 6.07) is 9.19. The van der Waals surface area contributed by atoms with Gasteiger partial charge in [0, 0.05) is 5.69 Å². The number of anilines is 1. The van der Waals surface area contributed by atoms with Gasteiger partial charge in [0.15, 0.2) is 0 Å². The summed E-state index contributed by atoms with van der Waals surface area (Å²) in [7, 11) is 0. The summed E-state index contributed by atoms with van der Waals surface area (Å²) in [6.07, 6.45) is 0. The highest BCUT2D eigenvalue weighted by molar-refractivity contribution is 5.91. The number of carboxylic acids is 1. The summed E-state index contributed by atoms with van der Waals surface area (Å²) in [5.41, 5.74) is 8.06. The Morgan fingerprint density at radius 3 is 2.50 bits per heavy atom. The molecule has 0 unspecified atom stereocenters. The fraction of sp³-hybridized carbons (Fsp3) is 0.0714. The third-order valence-corrected chi connectivity index (χ3v) is 2.69. The van der Waals surface area contributed by atoms with Crippen molar-refractivity contribution in [2.75, 3.05) is 5.73 Å². The quantitative estimate of drug-likeness (QED) is 0.799. The van der Waals surface area contributed by atoms with Crippen LogP contribution in [-0.4, -0.2) is 11.1 Å². The number of benzene rings is 2. The number of hydrogen-bond donors (Lipinski definition) is 2. The maximum Gasteiger partial charge on any atom is 0.335 e. The standard InChI is InChI=1S/C14H12FNO2/c1-8-4-9(2-3-13(8)15)10-5-11(14(17)18)7-12(16)6-10/h2-7H,16H2,1H3,(H,17,18). The highest BCUT2D eigenvalue weighted by Crippen LogP contribution is 2.25. The second-order valence-electron chi connectivity index (χ2n) is 4.11. The molecule has 0 saturated carbocycles. The molecular weight excluding hydrogens is 233 g/mol.